The van der Waals surface area contributed by atoms with Gasteiger partial charge in [-0.1, -0.05) is 183 Å². The monoisotopic (exact) mass is 1420 g/mol. The lowest BCUT2D eigenvalue weighted by atomic mass is 10.1. The predicted octanol–water partition coefficient (Wildman–Crippen LogP) is 12.9. The summed E-state index contributed by atoms with van der Waals surface area (Å²) in [4.78, 5) is 109. The van der Waals surface area contributed by atoms with Crippen LogP contribution in [-0.4, -0.2) is 164 Å². The Labute approximate surface area is 599 Å². The molecule has 1 aliphatic heterocycles. The quantitative estimate of drug-likeness (QED) is 0.117. The third-order valence-electron chi connectivity index (χ3n) is 7.89. The summed E-state index contributed by atoms with van der Waals surface area (Å²) in [5.41, 5.74) is 26.0. The molecule has 1 fully saturated rings. The van der Waals surface area contributed by atoms with Gasteiger partial charge in [0.15, 0.2) is 0 Å². The van der Waals surface area contributed by atoms with Crippen LogP contribution >= 0.6 is 0 Å². The molecule has 97 heavy (non-hydrogen) atoms. The second-order valence-electron chi connectivity index (χ2n) is 16.4. The van der Waals surface area contributed by atoms with E-state index in [1.807, 2.05) is 119 Å². The maximum absolute atomic E-state index is 10.7. The molecule has 2 aromatic rings. The van der Waals surface area contributed by atoms with Crippen LogP contribution < -0.4 is 71.7 Å². The number of aliphatic hydroxyl groups is 1. The van der Waals surface area contributed by atoms with E-state index in [1.54, 1.807) is 20.8 Å². The van der Waals surface area contributed by atoms with Crippen molar-refractivity contribution in [3.8, 4) is 0 Å². The van der Waals surface area contributed by atoms with Gasteiger partial charge in [0, 0.05) is 32.7 Å². The van der Waals surface area contributed by atoms with Crippen LogP contribution in [0.25, 0.3) is 0 Å². The van der Waals surface area contributed by atoms with E-state index in [1.165, 1.54) is 90.7 Å². The Hall–Kier alpha value is -6.61. The fourth-order valence-electron chi connectivity index (χ4n) is 3.27. The van der Waals surface area contributed by atoms with Gasteiger partial charge in [-0.2, -0.15) is 0 Å². The topological polar surface area (TPSA) is 630 Å². The van der Waals surface area contributed by atoms with Crippen LogP contribution in [0.4, 0.5) is 0 Å². The highest BCUT2D eigenvalue weighted by Crippen LogP contribution is 2.08. The summed E-state index contributed by atoms with van der Waals surface area (Å²) in [6.45, 7) is 71.3. The molecule has 32 N–H and O–H groups in total. The van der Waals surface area contributed by atoms with E-state index in [-0.39, 0.29) is 60.7 Å². The van der Waals surface area contributed by atoms with Crippen molar-refractivity contribution < 1.29 is 72.2 Å². The van der Waals surface area contributed by atoms with Gasteiger partial charge in [0.25, 0.3) is 0 Å². The van der Waals surface area contributed by atoms with Crippen LogP contribution in [0.5, 0.6) is 0 Å². The first-order chi connectivity index (χ1) is 43.2. The number of aliphatic hydroxyl groups excluding tert-OH is 1. The number of piperidine rings is 1. The summed E-state index contributed by atoms with van der Waals surface area (Å²) < 4.78 is 5.23. The standard InChI is InChI=1S/2C8H10.C7H13NO.C6H14O.3C5H12.C4H11N.C3H8O.C2H6.4CH5N.12CH2O.7H3N/c2*1-2-8-6-4-3-5-7-8;1-7(9)8-5-3-2-4-6-8;1-5-7-6(2,3)4;3*1-4-5(2)3;1-2-3-4-5;1-3(2)4;17*1-2;;;;;;;/h2*3-7H,2H2,1H3;2-6H2,1H3;5H2,1-4H3;3*5H,4H2,1-3H3;2-5H2,1H3;3-4H,1-2H3;1-2H3;4*2H2,1H3;12*1H2;7*1H3. The number of carbonyl (C=O) groups excluding carboxylic acids is 13. The van der Waals surface area contributed by atoms with Gasteiger partial charge in [-0.25, -0.2) is 0 Å². The number of nitrogens with two attached hydrogens (primary N) is 5. The number of unbranched alkanes of at least 4 members (excludes halogenated alkanes) is 1. The normalized spacial score (nSPS) is 7.31. The van der Waals surface area contributed by atoms with Gasteiger partial charge in [0.1, 0.15) is 81.5 Å². The van der Waals surface area contributed by atoms with Crippen molar-refractivity contribution in [1.29, 1.82) is 0 Å². The Morgan fingerprint density at radius 2 is 0.608 bits per heavy atom. The fraction of sp³-hybridized carbons (Fsp3) is 0.638. The van der Waals surface area contributed by atoms with E-state index >= 15 is 0 Å². The van der Waals surface area contributed by atoms with Crippen molar-refractivity contribution in [1.82, 2.24) is 48.0 Å². The molecule has 0 spiro atoms. The number of hydrogen-bond acceptors (Lipinski definition) is 27. The molecule has 3 rings (SSSR count). The Balaban J connectivity index is -0.0000000176. The first-order valence-electron chi connectivity index (χ1n) is 29.3. The largest absolute Gasteiger partial charge is 0.394 e. The molecule has 0 radical (unpaired) electrons. The third kappa shape index (κ3) is 488. The highest BCUT2D eigenvalue weighted by molar-refractivity contribution is 5.73. The first kappa shape index (κ1) is 198. The molecule has 604 valence electrons. The molecule has 0 bridgehead atoms. The van der Waals surface area contributed by atoms with Gasteiger partial charge in [-0.05, 0) is 144 Å². The number of aryl methyl sites for hydroxylation is 2. The van der Waals surface area contributed by atoms with Crippen molar-refractivity contribution in [3.63, 3.8) is 0 Å². The molecule has 1 aliphatic rings. The van der Waals surface area contributed by atoms with E-state index in [2.05, 4.69) is 175 Å². The van der Waals surface area contributed by atoms with Crippen molar-refractivity contribution in [2.75, 3.05) is 54.4 Å². The van der Waals surface area contributed by atoms with Gasteiger partial charge in [-0.15, -0.1) is 0 Å². The summed E-state index contributed by atoms with van der Waals surface area (Å²) in [5, 5.41) is 8.06. The van der Waals surface area contributed by atoms with E-state index in [0.717, 1.165) is 56.8 Å². The second-order valence-corrected chi connectivity index (χ2v) is 16.4. The molecule has 2 aromatic carbocycles. The zero-order valence-corrected chi connectivity index (χ0v) is 67.9. The number of amides is 1. The van der Waals surface area contributed by atoms with Gasteiger partial charge in [0.05, 0.1) is 5.60 Å². The van der Waals surface area contributed by atoms with Crippen molar-refractivity contribution in [3.05, 3.63) is 71.8 Å². The molecule has 1 heterocycles. The fourth-order valence-corrected chi connectivity index (χ4v) is 3.27. The smallest absolute Gasteiger partial charge is 0.219 e. The number of likely N-dealkylation sites (tertiary alicyclic amines) is 1. The third-order valence-corrected chi connectivity index (χ3v) is 7.89. The minimum absolute atomic E-state index is 0. The highest BCUT2D eigenvalue weighted by atomic mass is 16.5. The Kier molecular flexibility index (Phi) is 609. The number of nitrogens with zero attached hydrogens (tertiary/aromatic N) is 1. The molecule has 0 unspecified atom stereocenters. The summed E-state index contributed by atoms with van der Waals surface area (Å²) in [6.07, 6.45) is 12.1. The van der Waals surface area contributed by atoms with E-state index in [4.69, 9.17) is 73.1 Å². The summed E-state index contributed by atoms with van der Waals surface area (Å²) in [7, 11) is 6.00. The molecule has 0 saturated carbocycles. The average Bonchev–Trinajstić information content (AvgIpc) is 3.63. The first-order valence-corrected chi connectivity index (χ1v) is 29.3. The van der Waals surface area contributed by atoms with Gasteiger partial charge in [-0.3, -0.25) is 4.79 Å². The van der Waals surface area contributed by atoms with Crippen LogP contribution in [0.15, 0.2) is 60.7 Å². The maximum Gasteiger partial charge on any atom is 0.219 e. The summed E-state index contributed by atoms with van der Waals surface area (Å²) >= 11 is 0. The minimum Gasteiger partial charge on any atom is -0.394 e. The van der Waals surface area contributed by atoms with Gasteiger partial charge < -0.3 is 144 Å². The molecule has 0 atom stereocenters. The number of carbonyl (C=O) groups is 13. The van der Waals surface area contributed by atoms with Crippen LogP contribution in [0.2, 0.25) is 0 Å². The maximum atomic E-state index is 10.7. The number of rotatable bonds is 8. The molecule has 1 saturated heterocycles. The average molecular weight is 1430 g/mol. The van der Waals surface area contributed by atoms with Crippen LogP contribution in [0.1, 0.15) is 208 Å². The Morgan fingerprint density at radius 1 is 0.433 bits per heavy atom. The predicted molar refractivity (Wildman–Crippen MR) is 428 cm³/mol. The molecular formula is C69H173N13O15. The zero-order valence-electron chi connectivity index (χ0n) is 67.9. The molecule has 0 aromatic heterocycles. The zero-order chi connectivity index (χ0) is 78.8. The SMILES string of the molecule is C=O.C=O.C=O.C=O.C=O.C=O.C=O.C=O.C=O.C=O.C=O.C=O.CC.CC(=O)N1CCCCC1.CC(C)O.CCC(C)C.CCC(C)C.CCC(C)C.CCCCN.CCOC(C)(C)C.CCc1ccccc1.CCc1ccccc1.CN.CN.CN.CN.N.N.N.N.N.N.N. The van der Waals surface area contributed by atoms with Gasteiger partial charge in [0.2, 0.25) is 5.91 Å². The van der Waals surface area contributed by atoms with Crippen molar-refractivity contribution in [2.24, 2.45) is 46.4 Å². The van der Waals surface area contributed by atoms with Gasteiger partial charge >= 0.3 is 0 Å². The molecule has 0 aliphatic carbocycles. The van der Waals surface area contributed by atoms with Crippen LogP contribution in [0, 0.1) is 17.8 Å². The molecular weight excluding hydrogens is 1250 g/mol. The lowest BCUT2D eigenvalue weighted by molar-refractivity contribution is -0.129. The van der Waals surface area contributed by atoms with Crippen LogP contribution in [-0.2, 0) is 79.9 Å². The Morgan fingerprint density at radius 3 is 0.670 bits per heavy atom. The van der Waals surface area contributed by atoms with E-state index in [0.29, 0.717) is 0 Å². The van der Waals surface area contributed by atoms with E-state index < -0.39 is 0 Å². The van der Waals surface area contributed by atoms with Crippen molar-refractivity contribution >= 4 is 87.4 Å². The minimum atomic E-state index is -0.167. The number of ether oxygens (including phenoxy) is 1. The molecule has 28 nitrogen and oxygen atoms in total. The summed E-state index contributed by atoms with van der Waals surface area (Å²) in [6, 6.07) is 20.9. The Bertz CT molecular complexity index is 1110. The lowest BCUT2D eigenvalue weighted by Crippen LogP contribution is -2.33. The lowest BCUT2D eigenvalue weighted by Gasteiger charge is -2.24. The molecule has 1 amide bonds. The highest BCUT2D eigenvalue weighted by Gasteiger charge is 2.11. The van der Waals surface area contributed by atoms with E-state index in [9.17, 15) is 4.79 Å². The molecule has 28 heteroatoms. The van der Waals surface area contributed by atoms with Crippen molar-refractivity contribution in [2.45, 2.75) is 221 Å². The van der Waals surface area contributed by atoms with Crippen LogP contribution in [0.3, 0.4) is 0 Å². The number of hydrogen-bond donors (Lipinski definition) is 13. The number of benzene rings is 2. The summed E-state index contributed by atoms with van der Waals surface area (Å²) in [5.74, 6) is 2.88. The second kappa shape index (κ2) is 298.